The number of nitrogens with one attached hydrogen (secondary N) is 2. The zero-order chi connectivity index (χ0) is 18.1. The van der Waals surface area contributed by atoms with E-state index in [0.29, 0.717) is 17.7 Å². The second-order valence-corrected chi connectivity index (χ2v) is 6.97. The fourth-order valence-corrected chi connectivity index (χ4v) is 2.95. The Kier molecular flexibility index (Phi) is 4.51. The van der Waals surface area contributed by atoms with Crippen molar-refractivity contribution in [3.8, 4) is 0 Å². The summed E-state index contributed by atoms with van der Waals surface area (Å²) in [6, 6.07) is 6.31. The molecular formula is C18H23FN4O2. The van der Waals surface area contributed by atoms with Crippen LogP contribution < -0.4 is 10.6 Å². The van der Waals surface area contributed by atoms with Gasteiger partial charge in [-0.25, -0.2) is 9.18 Å². The maximum absolute atomic E-state index is 14.0. The van der Waals surface area contributed by atoms with Crippen LogP contribution in [-0.2, 0) is 18.1 Å². The molecule has 6 nitrogen and oxygen atoms in total. The molecule has 0 radical (unpaired) electrons. The number of carbonyl (C=O) groups excluding carboxylic acids is 1. The van der Waals surface area contributed by atoms with E-state index in [1.54, 1.807) is 43.2 Å². The van der Waals surface area contributed by atoms with E-state index in [2.05, 4.69) is 15.7 Å². The quantitative estimate of drug-likeness (QED) is 0.746. The van der Waals surface area contributed by atoms with Gasteiger partial charge in [0, 0.05) is 30.8 Å². The highest BCUT2D eigenvalue weighted by Gasteiger charge is 2.46. The molecule has 0 spiro atoms. The van der Waals surface area contributed by atoms with Crippen LogP contribution in [0.1, 0.15) is 30.9 Å². The van der Waals surface area contributed by atoms with Crippen LogP contribution in [0.25, 0.3) is 0 Å². The van der Waals surface area contributed by atoms with Crippen molar-refractivity contribution < 1.29 is 14.3 Å². The molecular weight excluding hydrogens is 323 g/mol. The molecule has 3 rings (SSSR count). The Hall–Kier alpha value is -2.41. The van der Waals surface area contributed by atoms with Crippen molar-refractivity contribution in [1.29, 1.82) is 0 Å². The van der Waals surface area contributed by atoms with E-state index in [9.17, 15) is 14.3 Å². The van der Waals surface area contributed by atoms with Crippen LogP contribution >= 0.6 is 0 Å². The summed E-state index contributed by atoms with van der Waals surface area (Å²) in [6.45, 7) is 2.04. The van der Waals surface area contributed by atoms with Crippen LogP contribution in [0.4, 0.5) is 9.18 Å². The topological polar surface area (TPSA) is 79.2 Å². The van der Waals surface area contributed by atoms with Crippen LogP contribution in [0.15, 0.2) is 36.7 Å². The maximum atomic E-state index is 14.0. The van der Waals surface area contributed by atoms with Gasteiger partial charge in [-0.3, -0.25) is 4.68 Å². The molecule has 3 N–H and O–H groups in total. The molecule has 1 unspecified atom stereocenters. The minimum atomic E-state index is -1.21. The molecule has 1 aromatic carbocycles. The molecule has 2 amide bonds. The average molecular weight is 346 g/mol. The summed E-state index contributed by atoms with van der Waals surface area (Å²) in [5.74, 6) is -0.235. The lowest BCUT2D eigenvalue weighted by Crippen LogP contribution is -2.45. The van der Waals surface area contributed by atoms with Gasteiger partial charge in [0.25, 0.3) is 0 Å². The molecule has 1 aliphatic carbocycles. The second-order valence-electron chi connectivity index (χ2n) is 6.97. The second kappa shape index (κ2) is 6.48. The summed E-state index contributed by atoms with van der Waals surface area (Å²) in [6.07, 6.45) is 4.97. The fraction of sp³-hybridized carbons (Fsp3) is 0.444. The molecule has 25 heavy (non-hydrogen) atoms. The minimum Gasteiger partial charge on any atom is -0.383 e. The van der Waals surface area contributed by atoms with Gasteiger partial charge in [-0.05, 0) is 31.4 Å². The number of amides is 2. The van der Waals surface area contributed by atoms with Gasteiger partial charge < -0.3 is 15.7 Å². The fourth-order valence-electron chi connectivity index (χ4n) is 2.95. The van der Waals surface area contributed by atoms with Gasteiger partial charge in [0.2, 0.25) is 0 Å². The van der Waals surface area contributed by atoms with Crippen molar-refractivity contribution in [2.75, 3.05) is 13.1 Å². The molecule has 0 bridgehead atoms. The predicted molar refractivity (Wildman–Crippen MR) is 91.5 cm³/mol. The van der Waals surface area contributed by atoms with E-state index in [1.165, 1.54) is 6.07 Å². The summed E-state index contributed by atoms with van der Waals surface area (Å²) in [4.78, 5) is 12.1. The van der Waals surface area contributed by atoms with Crippen molar-refractivity contribution in [3.05, 3.63) is 53.6 Å². The normalized spacial score (nSPS) is 17.6. The monoisotopic (exact) mass is 346 g/mol. The summed E-state index contributed by atoms with van der Waals surface area (Å²) >= 11 is 0. The highest BCUT2D eigenvalue weighted by atomic mass is 19.1. The Balaban J connectivity index is 1.53. The summed E-state index contributed by atoms with van der Waals surface area (Å²) in [5, 5.41) is 19.9. The zero-order valence-corrected chi connectivity index (χ0v) is 14.4. The van der Waals surface area contributed by atoms with Crippen molar-refractivity contribution in [1.82, 2.24) is 20.4 Å². The lowest BCUT2D eigenvalue weighted by Gasteiger charge is -2.23. The molecule has 1 saturated carbocycles. The van der Waals surface area contributed by atoms with Crippen LogP contribution in [0.3, 0.4) is 0 Å². The van der Waals surface area contributed by atoms with Gasteiger partial charge in [0.05, 0.1) is 12.7 Å². The summed E-state index contributed by atoms with van der Waals surface area (Å²) in [5.41, 5.74) is -0.249. The minimum absolute atomic E-state index is 0.0528. The smallest absolute Gasteiger partial charge is 0.314 e. The number of aliphatic hydroxyl groups is 1. The molecule has 2 aromatic rings. The van der Waals surface area contributed by atoms with E-state index in [4.69, 9.17) is 0 Å². The lowest BCUT2D eigenvalue weighted by molar-refractivity contribution is 0.0593. The number of aromatic nitrogens is 2. The Morgan fingerprint density at radius 2 is 2.12 bits per heavy atom. The molecule has 1 aliphatic rings. The summed E-state index contributed by atoms with van der Waals surface area (Å²) < 4.78 is 15.6. The number of aryl methyl sites for hydroxylation is 1. The molecule has 7 heteroatoms. The first-order chi connectivity index (χ1) is 11.8. The number of hydrogen-bond acceptors (Lipinski definition) is 3. The Labute approximate surface area is 146 Å². The average Bonchev–Trinajstić information content (AvgIpc) is 3.23. The Morgan fingerprint density at radius 1 is 1.40 bits per heavy atom. The molecule has 0 aliphatic heterocycles. The highest BCUT2D eigenvalue weighted by Crippen LogP contribution is 2.48. The number of carbonyl (C=O) groups is 1. The van der Waals surface area contributed by atoms with Gasteiger partial charge in [0.15, 0.2) is 0 Å². The van der Waals surface area contributed by atoms with E-state index in [1.807, 2.05) is 6.07 Å². The Bertz CT molecular complexity index is 768. The van der Waals surface area contributed by atoms with Crippen molar-refractivity contribution in [3.63, 3.8) is 0 Å². The van der Waals surface area contributed by atoms with Crippen LogP contribution in [-0.4, -0.2) is 34.0 Å². The van der Waals surface area contributed by atoms with E-state index in [0.717, 1.165) is 12.8 Å². The highest BCUT2D eigenvalue weighted by molar-refractivity contribution is 5.74. The maximum Gasteiger partial charge on any atom is 0.314 e. The van der Waals surface area contributed by atoms with Crippen LogP contribution in [0.2, 0.25) is 0 Å². The molecule has 0 saturated heterocycles. The lowest BCUT2D eigenvalue weighted by atomic mass is 9.95. The third-order valence-corrected chi connectivity index (χ3v) is 4.81. The molecule has 134 valence electrons. The van der Waals surface area contributed by atoms with Gasteiger partial charge in [-0.2, -0.15) is 5.10 Å². The first kappa shape index (κ1) is 17.4. The number of nitrogens with zero attached hydrogens (tertiary/aromatic N) is 2. The van der Waals surface area contributed by atoms with Gasteiger partial charge in [-0.1, -0.05) is 18.2 Å². The van der Waals surface area contributed by atoms with Crippen LogP contribution in [0.5, 0.6) is 0 Å². The standard InChI is InChI=1S/C18H23FN4O2/c1-17(25,13-9-22-23(2)10-13)11-20-16(24)21-12-18(7-8-18)14-5-3-4-6-15(14)19/h3-6,9-10,25H,7-8,11-12H2,1-2H3,(H2,20,21,24). The molecule has 1 heterocycles. The number of hydrogen-bond donors (Lipinski definition) is 3. The van der Waals surface area contributed by atoms with Crippen molar-refractivity contribution >= 4 is 6.03 Å². The first-order valence-corrected chi connectivity index (χ1v) is 8.31. The Morgan fingerprint density at radius 3 is 2.72 bits per heavy atom. The largest absolute Gasteiger partial charge is 0.383 e. The number of rotatable bonds is 6. The molecule has 1 atom stereocenters. The molecule has 1 aromatic heterocycles. The summed E-state index contributed by atoms with van der Waals surface area (Å²) in [7, 11) is 1.76. The van der Waals surface area contributed by atoms with E-state index in [-0.39, 0.29) is 23.8 Å². The first-order valence-electron chi connectivity index (χ1n) is 8.31. The SMILES string of the molecule is Cn1cc(C(C)(O)CNC(=O)NCC2(c3ccccc3F)CC2)cn1. The van der Waals surface area contributed by atoms with Gasteiger partial charge in [-0.15, -0.1) is 0 Å². The van der Waals surface area contributed by atoms with Gasteiger partial charge in [0.1, 0.15) is 11.4 Å². The number of benzene rings is 1. The van der Waals surface area contributed by atoms with Gasteiger partial charge >= 0.3 is 6.03 Å². The van der Waals surface area contributed by atoms with Crippen LogP contribution in [0, 0.1) is 5.82 Å². The molecule has 1 fully saturated rings. The number of urea groups is 1. The number of halogens is 1. The third-order valence-electron chi connectivity index (χ3n) is 4.81. The van der Waals surface area contributed by atoms with E-state index >= 15 is 0 Å². The predicted octanol–water partition coefficient (Wildman–Crippen LogP) is 1.80. The van der Waals surface area contributed by atoms with E-state index < -0.39 is 5.60 Å². The zero-order valence-electron chi connectivity index (χ0n) is 14.4. The van der Waals surface area contributed by atoms with Crippen molar-refractivity contribution in [2.45, 2.75) is 30.8 Å². The third kappa shape index (κ3) is 3.82. The van der Waals surface area contributed by atoms with Crippen molar-refractivity contribution in [2.24, 2.45) is 7.05 Å².